The summed E-state index contributed by atoms with van der Waals surface area (Å²) in [6, 6.07) is 9.87. The number of benzene rings is 1. The Hall–Kier alpha value is -2.14. The number of para-hydroxylation sites is 1. The van der Waals surface area contributed by atoms with Crippen LogP contribution in [0.2, 0.25) is 0 Å². The fourth-order valence-corrected chi connectivity index (χ4v) is 2.73. The Morgan fingerprint density at radius 3 is 2.71 bits per heavy atom. The van der Waals surface area contributed by atoms with Gasteiger partial charge in [0.05, 0.1) is 24.5 Å². The van der Waals surface area contributed by atoms with E-state index in [0.717, 1.165) is 16.9 Å². The predicted molar refractivity (Wildman–Crippen MR) is 93.0 cm³/mol. The summed E-state index contributed by atoms with van der Waals surface area (Å²) >= 11 is 0. The number of nitrogens with zero attached hydrogens (tertiary/aromatic N) is 2. The van der Waals surface area contributed by atoms with Gasteiger partial charge in [0, 0.05) is 11.3 Å². The van der Waals surface area contributed by atoms with Crippen LogP contribution in [0.15, 0.2) is 36.5 Å². The molecule has 1 aromatic carbocycles. The van der Waals surface area contributed by atoms with E-state index in [4.69, 9.17) is 4.74 Å². The van der Waals surface area contributed by atoms with Crippen LogP contribution in [-0.2, 0) is 9.53 Å². The van der Waals surface area contributed by atoms with Gasteiger partial charge in [-0.05, 0) is 51.7 Å². The van der Waals surface area contributed by atoms with E-state index >= 15 is 0 Å². The van der Waals surface area contributed by atoms with Gasteiger partial charge in [-0.2, -0.15) is 5.10 Å². The molecule has 0 bridgehead atoms. The number of amides is 1. The third-order valence-electron chi connectivity index (χ3n) is 4.52. The number of carbonyl (C=O) groups is 1. The van der Waals surface area contributed by atoms with Crippen molar-refractivity contribution in [3.05, 3.63) is 47.8 Å². The first-order chi connectivity index (χ1) is 11.6. The molecule has 1 aromatic heterocycles. The molecule has 1 saturated carbocycles. The van der Waals surface area contributed by atoms with Gasteiger partial charge in [-0.25, -0.2) is 4.68 Å². The largest absolute Gasteiger partial charge is 0.368 e. The molecule has 1 fully saturated rings. The molecule has 1 aliphatic carbocycles. The van der Waals surface area contributed by atoms with E-state index in [9.17, 15) is 4.79 Å². The second-order valence-electron chi connectivity index (χ2n) is 6.58. The second-order valence-corrected chi connectivity index (χ2v) is 6.58. The number of hydrogen-bond acceptors (Lipinski definition) is 3. The number of nitrogens with one attached hydrogen (secondary N) is 1. The van der Waals surface area contributed by atoms with Gasteiger partial charge in [-0.15, -0.1) is 0 Å². The normalized spacial score (nSPS) is 16.6. The first kappa shape index (κ1) is 16.7. The van der Waals surface area contributed by atoms with Gasteiger partial charge in [0.15, 0.2) is 0 Å². The maximum Gasteiger partial charge on any atom is 0.249 e. The van der Waals surface area contributed by atoms with Gasteiger partial charge in [0.1, 0.15) is 6.10 Å². The number of rotatable bonds is 7. The van der Waals surface area contributed by atoms with Crippen molar-refractivity contribution in [2.75, 3.05) is 6.61 Å². The summed E-state index contributed by atoms with van der Waals surface area (Å²) in [4.78, 5) is 12.3. The van der Waals surface area contributed by atoms with E-state index in [1.807, 2.05) is 62.0 Å². The molecule has 0 radical (unpaired) electrons. The molecule has 5 nitrogen and oxygen atoms in total. The fraction of sp³-hybridized carbons (Fsp3) is 0.474. The molecule has 1 aliphatic rings. The van der Waals surface area contributed by atoms with Crippen LogP contribution in [0.25, 0.3) is 5.69 Å². The van der Waals surface area contributed by atoms with E-state index in [2.05, 4.69) is 10.4 Å². The van der Waals surface area contributed by atoms with Crippen LogP contribution in [0.5, 0.6) is 0 Å². The summed E-state index contributed by atoms with van der Waals surface area (Å²) in [5, 5.41) is 7.49. The molecule has 1 N–H and O–H groups in total. The van der Waals surface area contributed by atoms with Gasteiger partial charge in [-0.1, -0.05) is 18.2 Å². The van der Waals surface area contributed by atoms with Crippen LogP contribution in [0.1, 0.15) is 44.0 Å². The van der Waals surface area contributed by atoms with Gasteiger partial charge in [0.25, 0.3) is 0 Å². The Labute approximate surface area is 143 Å². The quantitative estimate of drug-likeness (QED) is 0.850. The summed E-state index contributed by atoms with van der Waals surface area (Å²) in [6.07, 6.45) is 3.85. The second kappa shape index (κ2) is 7.18. The zero-order valence-corrected chi connectivity index (χ0v) is 14.5. The molecule has 2 atom stereocenters. The molecule has 1 heterocycles. The van der Waals surface area contributed by atoms with E-state index < -0.39 is 6.10 Å². The molecule has 24 heavy (non-hydrogen) atoms. The number of ether oxygens (including phenoxy) is 1. The van der Waals surface area contributed by atoms with E-state index in [1.54, 1.807) is 0 Å². The minimum absolute atomic E-state index is 0.0741. The lowest BCUT2D eigenvalue weighted by Crippen LogP contribution is -2.36. The lowest BCUT2D eigenvalue weighted by molar-refractivity contribution is -0.132. The van der Waals surface area contributed by atoms with Crippen LogP contribution in [0, 0.1) is 12.8 Å². The minimum Gasteiger partial charge on any atom is -0.368 e. The van der Waals surface area contributed by atoms with Crippen molar-refractivity contribution in [2.24, 2.45) is 5.92 Å². The Balaban J connectivity index is 1.63. The topological polar surface area (TPSA) is 56.1 Å². The summed E-state index contributed by atoms with van der Waals surface area (Å²) in [7, 11) is 0. The molecule has 0 unspecified atom stereocenters. The smallest absolute Gasteiger partial charge is 0.249 e. The Morgan fingerprint density at radius 1 is 1.33 bits per heavy atom. The third-order valence-corrected chi connectivity index (χ3v) is 4.52. The predicted octanol–water partition coefficient (Wildman–Crippen LogP) is 3.17. The highest BCUT2D eigenvalue weighted by Gasteiger charge is 2.25. The first-order valence-corrected chi connectivity index (χ1v) is 8.58. The van der Waals surface area contributed by atoms with Crippen molar-refractivity contribution in [2.45, 2.75) is 45.8 Å². The SMILES string of the molecule is Cc1c([C@H](C)NC(=O)[C@H](C)OCC2CC2)cnn1-c1ccccc1. The molecule has 1 amide bonds. The van der Waals surface area contributed by atoms with Gasteiger partial charge in [0.2, 0.25) is 5.91 Å². The highest BCUT2D eigenvalue weighted by atomic mass is 16.5. The van der Waals surface area contributed by atoms with Crippen LogP contribution in [0.4, 0.5) is 0 Å². The number of carbonyl (C=O) groups excluding carboxylic acids is 1. The van der Waals surface area contributed by atoms with Crippen LogP contribution in [0.3, 0.4) is 0 Å². The molecule has 128 valence electrons. The average molecular weight is 327 g/mol. The molecule has 0 saturated heterocycles. The summed E-state index contributed by atoms with van der Waals surface area (Å²) in [5.41, 5.74) is 3.06. The van der Waals surface area contributed by atoms with Crippen LogP contribution >= 0.6 is 0 Å². The Kier molecular flexibility index (Phi) is 5.00. The molecule has 0 spiro atoms. The zero-order valence-electron chi connectivity index (χ0n) is 14.5. The molecule has 5 heteroatoms. The molecule has 0 aliphatic heterocycles. The average Bonchev–Trinajstić information content (AvgIpc) is 3.34. The maximum atomic E-state index is 12.3. The van der Waals surface area contributed by atoms with Gasteiger partial charge in [-0.3, -0.25) is 4.79 Å². The van der Waals surface area contributed by atoms with E-state index in [-0.39, 0.29) is 11.9 Å². The minimum atomic E-state index is -0.419. The van der Waals surface area contributed by atoms with Gasteiger partial charge < -0.3 is 10.1 Å². The first-order valence-electron chi connectivity index (χ1n) is 8.58. The van der Waals surface area contributed by atoms with Crippen molar-refractivity contribution < 1.29 is 9.53 Å². The van der Waals surface area contributed by atoms with Crippen LogP contribution in [-0.4, -0.2) is 28.4 Å². The molecular weight excluding hydrogens is 302 g/mol. The zero-order chi connectivity index (χ0) is 17.1. The van der Waals surface area contributed by atoms with E-state index in [0.29, 0.717) is 12.5 Å². The van der Waals surface area contributed by atoms with Crippen molar-refractivity contribution in [3.8, 4) is 5.69 Å². The third kappa shape index (κ3) is 3.85. The summed E-state index contributed by atoms with van der Waals surface area (Å²) < 4.78 is 7.53. The lowest BCUT2D eigenvalue weighted by Gasteiger charge is -2.18. The van der Waals surface area contributed by atoms with E-state index in [1.165, 1.54) is 12.8 Å². The highest BCUT2D eigenvalue weighted by molar-refractivity contribution is 5.80. The summed E-state index contributed by atoms with van der Waals surface area (Å²) in [6.45, 7) is 6.49. The Morgan fingerprint density at radius 2 is 2.04 bits per heavy atom. The molecule has 2 aromatic rings. The number of aromatic nitrogens is 2. The molecule has 3 rings (SSSR count). The Bertz CT molecular complexity index is 692. The fourth-order valence-electron chi connectivity index (χ4n) is 2.73. The molecular formula is C19H25N3O2. The van der Waals surface area contributed by atoms with Crippen molar-refractivity contribution in [3.63, 3.8) is 0 Å². The van der Waals surface area contributed by atoms with Crippen LogP contribution < -0.4 is 5.32 Å². The number of hydrogen-bond donors (Lipinski definition) is 1. The van der Waals surface area contributed by atoms with Crippen molar-refractivity contribution in [1.82, 2.24) is 15.1 Å². The summed E-state index contributed by atoms with van der Waals surface area (Å²) in [5.74, 6) is 0.582. The van der Waals surface area contributed by atoms with Crippen molar-refractivity contribution >= 4 is 5.91 Å². The standard InChI is InChI=1S/C19H25N3O2/c1-13(21-19(23)15(3)24-12-16-9-10-16)18-11-20-22(14(18)2)17-7-5-4-6-8-17/h4-8,11,13,15-16H,9-10,12H2,1-3H3,(H,21,23)/t13-,15-/m0/s1. The van der Waals surface area contributed by atoms with Gasteiger partial charge >= 0.3 is 0 Å². The monoisotopic (exact) mass is 327 g/mol. The van der Waals surface area contributed by atoms with Crippen molar-refractivity contribution in [1.29, 1.82) is 0 Å². The maximum absolute atomic E-state index is 12.3. The highest BCUT2D eigenvalue weighted by Crippen LogP contribution is 2.29. The lowest BCUT2D eigenvalue weighted by atomic mass is 10.1.